The van der Waals surface area contributed by atoms with E-state index in [4.69, 9.17) is 37.9 Å². The fourth-order valence-corrected chi connectivity index (χ4v) is 9.50. The molecule has 3 fully saturated rings. The Hall–Kier alpha value is -2.47. The third-order valence-electron chi connectivity index (χ3n) is 9.31. The Labute approximate surface area is 290 Å². The zero-order chi connectivity index (χ0) is 33.7. The number of methoxy groups -OCH3 is 1. The molecule has 10 nitrogen and oxygen atoms in total. The standard InChI is InChI=1S/C38H50NO9P/c1-41-38-36-35(34-33(47-38)29-46-37(48-34)30-13-5-2-6-14-30)44-26-24-42-22-20-39(21-23-43-25-27-45-36)19-11-12-28-49(40,31-15-7-3-8-16-31)32-17-9-4-10-18-32/h2-10,13-18,33-38H,11-12,19-29H2,1H3/t33-,34-,35+,36-,37-,38+/m1/s1. The molecule has 0 unspecified atom stereocenters. The monoisotopic (exact) mass is 695 g/mol. The quantitative estimate of drug-likeness (QED) is 0.237. The Morgan fingerprint density at radius 2 is 1.27 bits per heavy atom. The molecular weight excluding hydrogens is 645 g/mol. The maximum atomic E-state index is 14.4. The molecule has 3 aromatic rings. The summed E-state index contributed by atoms with van der Waals surface area (Å²) in [6.45, 7) is 5.46. The van der Waals surface area contributed by atoms with Crippen LogP contribution in [-0.4, -0.2) is 115 Å². The first-order valence-electron chi connectivity index (χ1n) is 17.5. The minimum absolute atomic E-state index is 0.349. The first kappa shape index (κ1) is 36.3. The molecule has 0 saturated carbocycles. The van der Waals surface area contributed by atoms with E-state index in [0.717, 1.165) is 48.6 Å². The number of hydrogen-bond acceptors (Lipinski definition) is 10. The predicted molar refractivity (Wildman–Crippen MR) is 187 cm³/mol. The van der Waals surface area contributed by atoms with E-state index in [1.54, 1.807) is 7.11 Å². The summed E-state index contributed by atoms with van der Waals surface area (Å²) in [5.74, 6) is 0. The minimum atomic E-state index is -2.72. The molecule has 0 aromatic heterocycles. The molecule has 3 heterocycles. The van der Waals surface area contributed by atoms with Gasteiger partial charge < -0.3 is 42.5 Å². The van der Waals surface area contributed by atoms with Crippen LogP contribution in [0.5, 0.6) is 0 Å². The van der Waals surface area contributed by atoms with Gasteiger partial charge in [0.2, 0.25) is 0 Å². The summed E-state index contributed by atoms with van der Waals surface area (Å²) in [6.07, 6.45) is -0.507. The number of benzene rings is 3. The summed E-state index contributed by atoms with van der Waals surface area (Å²) in [6, 6.07) is 29.7. The number of unbranched alkanes of at least 4 members (excludes halogenated alkanes) is 1. The lowest BCUT2D eigenvalue weighted by molar-refractivity contribution is -0.368. The van der Waals surface area contributed by atoms with Gasteiger partial charge >= 0.3 is 0 Å². The van der Waals surface area contributed by atoms with Crippen LogP contribution in [0.15, 0.2) is 91.0 Å². The Kier molecular flexibility index (Phi) is 13.8. The van der Waals surface area contributed by atoms with Crippen LogP contribution in [0.2, 0.25) is 0 Å². The second-order valence-electron chi connectivity index (χ2n) is 12.5. The van der Waals surface area contributed by atoms with Crippen molar-refractivity contribution >= 4 is 17.8 Å². The summed E-state index contributed by atoms with van der Waals surface area (Å²) in [5.41, 5.74) is 0.937. The van der Waals surface area contributed by atoms with Crippen LogP contribution < -0.4 is 10.6 Å². The molecule has 0 bridgehead atoms. The van der Waals surface area contributed by atoms with Crippen molar-refractivity contribution in [3.05, 3.63) is 96.6 Å². The summed E-state index contributed by atoms with van der Waals surface area (Å²) in [5, 5.41) is 1.83. The van der Waals surface area contributed by atoms with E-state index >= 15 is 0 Å². The molecule has 266 valence electrons. The van der Waals surface area contributed by atoms with Crippen LogP contribution >= 0.6 is 7.14 Å². The molecule has 0 N–H and O–H groups in total. The van der Waals surface area contributed by atoms with Gasteiger partial charge in [0.1, 0.15) is 31.6 Å². The fraction of sp³-hybridized carbons (Fsp3) is 0.526. The summed E-state index contributed by atoms with van der Waals surface area (Å²) in [4.78, 5) is 2.36. The van der Waals surface area contributed by atoms with Crippen molar-refractivity contribution in [3.63, 3.8) is 0 Å². The lowest BCUT2D eigenvalue weighted by atomic mass is 9.97. The Bertz CT molecular complexity index is 1370. The van der Waals surface area contributed by atoms with Gasteiger partial charge in [-0.05, 0) is 19.4 Å². The molecule has 6 atom stereocenters. The summed E-state index contributed by atoms with van der Waals surface area (Å²) < 4.78 is 63.7. The molecule has 0 radical (unpaired) electrons. The third-order valence-corrected chi connectivity index (χ3v) is 12.5. The molecular formula is C38H50NO9P. The second-order valence-corrected chi connectivity index (χ2v) is 15.5. The zero-order valence-corrected chi connectivity index (χ0v) is 29.3. The van der Waals surface area contributed by atoms with E-state index in [-0.39, 0.29) is 6.10 Å². The van der Waals surface area contributed by atoms with Crippen molar-refractivity contribution in [1.82, 2.24) is 4.90 Å². The van der Waals surface area contributed by atoms with Crippen molar-refractivity contribution in [2.45, 2.75) is 49.8 Å². The normalized spacial score (nSPS) is 28.0. The zero-order valence-electron chi connectivity index (χ0n) is 28.4. The molecule has 3 aromatic carbocycles. The van der Waals surface area contributed by atoms with Crippen molar-refractivity contribution in [3.8, 4) is 0 Å². The van der Waals surface area contributed by atoms with Crippen molar-refractivity contribution in [2.24, 2.45) is 0 Å². The number of fused-ring (bicyclic) bond motifs is 3. The predicted octanol–water partition coefficient (Wildman–Crippen LogP) is 4.39. The van der Waals surface area contributed by atoms with Crippen LogP contribution in [0.25, 0.3) is 0 Å². The molecule has 3 aliphatic rings. The van der Waals surface area contributed by atoms with Gasteiger partial charge in [-0.3, -0.25) is 4.90 Å². The lowest BCUT2D eigenvalue weighted by Crippen LogP contribution is -2.63. The summed E-state index contributed by atoms with van der Waals surface area (Å²) in [7, 11) is -1.12. The van der Waals surface area contributed by atoms with Crippen molar-refractivity contribution in [1.29, 1.82) is 0 Å². The fourth-order valence-electron chi connectivity index (χ4n) is 6.71. The van der Waals surface area contributed by atoms with Crippen LogP contribution in [0, 0.1) is 0 Å². The Balaban J connectivity index is 1.03. The van der Waals surface area contributed by atoms with Gasteiger partial charge in [0.15, 0.2) is 12.6 Å². The molecule has 11 heteroatoms. The molecule has 3 aliphatic heterocycles. The molecule has 49 heavy (non-hydrogen) atoms. The van der Waals surface area contributed by atoms with Gasteiger partial charge in [-0.2, -0.15) is 0 Å². The van der Waals surface area contributed by atoms with Crippen LogP contribution in [0.1, 0.15) is 24.7 Å². The van der Waals surface area contributed by atoms with Crippen molar-refractivity contribution < 1.29 is 42.5 Å². The highest BCUT2D eigenvalue weighted by Crippen LogP contribution is 2.44. The average molecular weight is 696 g/mol. The second kappa shape index (κ2) is 18.7. The van der Waals surface area contributed by atoms with Gasteiger partial charge in [0, 0.05) is 42.5 Å². The SMILES string of the molecule is CO[C@H]1O[C@@H]2CO[C@@H](c3ccccc3)O[C@H]2[C@@H]2OCCOCCN(CCCCP(=O)(c3ccccc3)c3ccccc3)CCOCCO[C@@H]12. The highest BCUT2D eigenvalue weighted by atomic mass is 31.2. The highest BCUT2D eigenvalue weighted by Gasteiger charge is 2.51. The van der Waals surface area contributed by atoms with Gasteiger partial charge in [-0.25, -0.2) is 0 Å². The van der Waals surface area contributed by atoms with Gasteiger partial charge in [0.25, 0.3) is 0 Å². The van der Waals surface area contributed by atoms with Crippen LogP contribution in [-0.2, 0) is 42.5 Å². The largest absolute Gasteiger partial charge is 0.378 e. The smallest absolute Gasteiger partial charge is 0.186 e. The van der Waals surface area contributed by atoms with E-state index in [1.807, 2.05) is 91.0 Å². The van der Waals surface area contributed by atoms with E-state index in [0.29, 0.717) is 52.4 Å². The van der Waals surface area contributed by atoms with Gasteiger partial charge in [0.05, 0.1) is 46.2 Å². The number of hydrogen-bond donors (Lipinski definition) is 0. The third kappa shape index (κ3) is 9.65. The van der Waals surface area contributed by atoms with E-state index in [2.05, 4.69) is 4.90 Å². The van der Waals surface area contributed by atoms with Crippen LogP contribution in [0.4, 0.5) is 0 Å². The summed E-state index contributed by atoms with van der Waals surface area (Å²) >= 11 is 0. The number of nitrogens with zero attached hydrogens (tertiary/aromatic N) is 1. The molecule has 0 aliphatic carbocycles. The highest BCUT2D eigenvalue weighted by molar-refractivity contribution is 7.78. The van der Waals surface area contributed by atoms with E-state index < -0.39 is 38.0 Å². The number of ether oxygens (including phenoxy) is 8. The Morgan fingerprint density at radius 3 is 1.88 bits per heavy atom. The number of rotatable bonds is 9. The maximum Gasteiger partial charge on any atom is 0.186 e. The molecule has 3 saturated heterocycles. The maximum absolute atomic E-state index is 14.4. The topological polar surface area (TPSA) is 94.2 Å². The van der Waals surface area contributed by atoms with Gasteiger partial charge in [-0.15, -0.1) is 0 Å². The van der Waals surface area contributed by atoms with E-state index in [1.165, 1.54) is 0 Å². The molecule has 6 rings (SSSR count). The van der Waals surface area contributed by atoms with Crippen LogP contribution in [0.3, 0.4) is 0 Å². The van der Waals surface area contributed by atoms with Gasteiger partial charge in [-0.1, -0.05) is 91.0 Å². The first-order valence-corrected chi connectivity index (χ1v) is 19.4. The molecule has 0 amide bonds. The minimum Gasteiger partial charge on any atom is -0.378 e. The lowest BCUT2D eigenvalue weighted by Gasteiger charge is -2.48. The molecule has 0 spiro atoms. The first-order chi connectivity index (χ1) is 24.2. The van der Waals surface area contributed by atoms with E-state index in [9.17, 15) is 4.57 Å². The van der Waals surface area contributed by atoms with Crippen molar-refractivity contribution in [2.75, 3.05) is 79.2 Å². The average Bonchev–Trinajstić information content (AvgIpc) is 3.17. The Morgan fingerprint density at radius 1 is 0.673 bits per heavy atom.